The monoisotopic (exact) mass is 225 g/mol. The van der Waals surface area contributed by atoms with Gasteiger partial charge in [-0.3, -0.25) is 9.69 Å². The number of hydrogen-bond donors (Lipinski definition) is 1. The van der Waals surface area contributed by atoms with Crippen molar-refractivity contribution in [2.75, 3.05) is 0 Å². The Labute approximate surface area is 92.4 Å². The van der Waals surface area contributed by atoms with E-state index >= 15 is 0 Å². The summed E-state index contributed by atoms with van der Waals surface area (Å²) >= 11 is 5.04. The lowest BCUT2D eigenvalue weighted by molar-refractivity contribution is -0.127. The van der Waals surface area contributed by atoms with Gasteiger partial charge in [-0.25, -0.2) is 0 Å². The van der Waals surface area contributed by atoms with Crippen LogP contribution in [0.5, 0.6) is 0 Å². The number of hydrogen-bond acceptors (Lipinski definition) is 4. The van der Waals surface area contributed by atoms with Gasteiger partial charge in [-0.1, -0.05) is 5.16 Å². The van der Waals surface area contributed by atoms with Crippen molar-refractivity contribution < 1.29 is 9.32 Å². The number of nitrogens with zero attached hydrogens (tertiary/aromatic N) is 2. The Morgan fingerprint density at radius 1 is 1.73 bits per heavy atom. The second-order valence-electron chi connectivity index (χ2n) is 3.52. The van der Waals surface area contributed by atoms with Crippen LogP contribution < -0.4 is 5.32 Å². The molecule has 0 unspecified atom stereocenters. The zero-order valence-corrected chi connectivity index (χ0v) is 9.30. The number of aryl methyl sites for hydroxylation is 1. The van der Waals surface area contributed by atoms with Crippen LogP contribution in [0.4, 0.5) is 0 Å². The molecule has 1 N–H and O–H groups in total. The van der Waals surface area contributed by atoms with Crippen molar-refractivity contribution in [2.45, 2.75) is 26.4 Å². The summed E-state index contributed by atoms with van der Waals surface area (Å²) in [5.74, 6) is 0.698. The molecule has 0 aromatic carbocycles. The number of rotatable bonds is 2. The van der Waals surface area contributed by atoms with Gasteiger partial charge in [0.05, 0.1) is 6.54 Å². The molecule has 0 spiro atoms. The fourth-order valence-corrected chi connectivity index (χ4v) is 1.79. The molecule has 1 aromatic heterocycles. The SMILES string of the molecule is Cc1cc(CN2C(=O)[C@@H](C)NC2=S)no1. The molecular weight excluding hydrogens is 214 g/mol. The molecule has 0 saturated carbocycles. The van der Waals surface area contributed by atoms with E-state index in [1.54, 1.807) is 13.0 Å². The maximum absolute atomic E-state index is 11.6. The Balaban J connectivity index is 2.12. The van der Waals surface area contributed by atoms with Crippen LogP contribution in [0.3, 0.4) is 0 Å². The van der Waals surface area contributed by atoms with Gasteiger partial charge in [0.1, 0.15) is 17.5 Å². The lowest BCUT2D eigenvalue weighted by Crippen LogP contribution is -2.30. The van der Waals surface area contributed by atoms with E-state index < -0.39 is 0 Å². The van der Waals surface area contributed by atoms with Crippen molar-refractivity contribution in [3.8, 4) is 0 Å². The lowest BCUT2D eigenvalue weighted by atomic mass is 10.3. The van der Waals surface area contributed by atoms with Crippen molar-refractivity contribution in [3.63, 3.8) is 0 Å². The van der Waals surface area contributed by atoms with Gasteiger partial charge in [0.15, 0.2) is 5.11 Å². The molecule has 2 heterocycles. The van der Waals surface area contributed by atoms with Crippen LogP contribution in [0.1, 0.15) is 18.4 Å². The Bertz CT molecular complexity index is 415. The van der Waals surface area contributed by atoms with Crippen LogP contribution in [0, 0.1) is 6.92 Å². The van der Waals surface area contributed by atoms with Crippen molar-refractivity contribution in [1.29, 1.82) is 0 Å². The minimum absolute atomic E-state index is 0.0272. The maximum atomic E-state index is 11.6. The van der Waals surface area contributed by atoms with Gasteiger partial charge in [0.2, 0.25) is 0 Å². The normalized spacial score (nSPS) is 20.9. The molecule has 1 aromatic rings. The number of carbonyl (C=O) groups excluding carboxylic acids is 1. The Kier molecular flexibility index (Phi) is 2.44. The molecule has 1 aliphatic rings. The Morgan fingerprint density at radius 2 is 2.47 bits per heavy atom. The summed E-state index contributed by atoms with van der Waals surface area (Å²) in [6.45, 7) is 3.95. The van der Waals surface area contributed by atoms with Gasteiger partial charge in [-0.15, -0.1) is 0 Å². The highest BCUT2D eigenvalue weighted by Gasteiger charge is 2.32. The third-order valence-corrected chi connectivity index (χ3v) is 2.56. The first-order valence-electron chi connectivity index (χ1n) is 4.62. The zero-order valence-electron chi connectivity index (χ0n) is 8.48. The molecule has 1 saturated heterocycles. The van der Waals surface area contributed by atoms with Gasteiger partial charge < -0.3 is 9.84 Å². The molecule has 1 aliphatic heterocycles. The van der Waals surface area contributed by atoms with Gasteiger partial charge in [0.25, 0.3) is 5.91 Å². The maximum Gasteiger partial charge on any atom is 0.251 e. The highest BCUT2D eigenvalue weighted by Crippen LogP contribution is 2.11. The van der Waals surface area contributed by atoms with Gasteiger partial charge in [-0.05, 0) is 26.1 Å². The summed E-state index contributed by atoms with van der Waals surface area (Å²) in [7, 11) is 0. The molecule has 0 radical (unpaired) electrons. The first-order chi connectivity index (χ1) is 7.08. The van der Waals surface area contributed by atoms with Gasteiger partial charge >= 0.3 is 0 Å². The highest BCUT2D eigenvalue weighted by atomic mass is 32.1. The van der Waals surface area contributed by atoms with Crippen LogP contribution in [0.25, 0.3) is 0 Å². The summed E-state index contributed by atoms with van der Waals surface area (Å²) in [4.78, 5) is 13.1. The molecule has 5 nitrogen and oxygen atoms in total. The third kappa shape index (κ3) is 1.85. The third-order valence-electron chi connectivity index (χ3n) is 2.22. The summed E-state index contributed by atoms with van der Waals surface area (Å²) in [6, 6.07) is 1.55. The molecule has 1 fully saturated rings. The van der Waals surface area contributed by atoms with Gasteiger partial charge in [0, 0.05) is 6.07 Å². The quantitative estimate of drug-likeness (QED) is 0.746. The fourth-order valence-electron chi connectivity index (χ4n) is 1.46. The summed E-state index contributed by atoms with van der Waals surface area (Å²) in [5.41, 5.74) is 0.708. The predicted octanol–water partition coefficient (Wildman–Crippen LogP) is 0.588. The summed E-state index contributed by atoms with van der Waals surface area (Å²) in [6.07, 6.45) is 0. The van der Waals surface area contributed by atoms with Crippen LogP contribution >= 0.6 is 12.2 Å². The number of carbonyl (C=O) groups is 1. The first-order valence-corrected chi connectivity index (χ1v) is 5.03. The van der Waals surface area contributed by atoms with Crippen LogP contribution in [0.2, 0.25) is 0 Å². The number of amides is 1. The number of aromatic nitrogens is 1. The number of thiocarbonyl (C=S) groups is 1. The summed E-state index contributed by atoms with van der Waals surface area (Å²) in [5, 5.41) is 7.16. The van der Waals surface area contributed by atoms with E-state index in [9.17, 15) is 4.79 Å². The largest absolute Gasteiger partial charge is 0.361 e. The molecule has 0 bridgehead atoms. The fraction of sp³-hybridized carbons (Fsp3) is 0.444. The average molecular weight is 225 g/mol. The van der Waals surface area contributed by atoms with E-state index in [4.69, 9.17) is 16.7 Å². The average Bonchev–Trinajstić information content (AvgIpc) is 2.67. The molecule has 6 heteroatoms. The molecule has 1 amide bonds. The Morgan fingerprint density at radius 3 is 2.93 bits per heavy atom. The van der Waals surface area contributed by atoms with Crippen LogP contribution in [-0.2, 0) is 11.3 Å². The van der Waals surface area contributed by atoms with E-state index in [2.05, 4.69) is 10.5 Å². The van der Waals surface area contributed by atoms with E-state index in [0.29, 0.717) is 17.4 Å². The summed E-state index contributed by atoms with van der Waals surface area (Å²) < 4.78 is 4.92. The van der Waals surface area contributed by atoms with Gasteiger partial charge in [-0.2, -0.15) is 0 Å². The zero-order chi connectivity index (χ0) is 11.0. The van der Waals surface area contributed by atoms with E-state index in [1.807, 2.05) is 6.92 Å². The van der Waals surface area contributed by atoms with E-state index in [-0.39, 0.29) is 11.9 Å². The molecule has 2 rings (SSSR count). The molecule has 0 aliphatic carbocycles. The smallest absolute Gasteiger partial charge is 0.251 e. The minimum Gasteiger partial charge on any atom is -0.361 e. The molecule has 15 heavy (non-hydrogen) atoms. The van der Waals surface area contributed by atoms with Crippen molar-refractivity contribution >= 4 is 23.2 Å². The minimum atomic E-state index is -0.245. The topological polar surface area (TPSA) is 58.4 Å². The van der Waals surface area contributed by atoms with Crippen molar-refractivity contribution in [2.24, 2.45) is 0 Å². The van der Waals surface area contributed by atoms with Crippen molar-refractivity contribution in [1.82, 2.24) is 15.4 Å². The first kappa shape index (κ1) is 10.1. The van der Waals surface area contributed by atoms with Crippen LogP contribution in [-0.4, -0.2) is 27.1 Å². The second kappa shape index (κ2) is 3.62. The second-order valence-corrected chi connectivity index (χ2v) is 3.91. The standard InChI is InChI=1S/C9H11N3O2S/c1-5-3-7(11-14-5)4-12-8(13)6(2)10-9(12)15/h3,6H,4H2,1-2H3,(H,10,15)/t6-/m1/s1. The molecular formula is C9H11N3O2S. The lowest BCUT2D eigenvalue weighted by Gasteiger charge is -2.11. The molecule has 1 atom stereocenters. The Hall–Kier alpha value is -1.43. The molecule has 80 valence electrons. The van der Waals surface area contributed by atoms with Crippen molar-refractivity contribution in [3.05, 3.63) is 17.5 Å². The highest BCUT2D eigenvalue weighted by molar-refractivity contribution is 7.80. The van der Waals surface area contributed by atoms with E-state index in [1.165, 1.54) is 4.90 Å². The number of nitrogens with one attached hydrogen (secondary N) is 1. The predicted molar refractivity (Wildman–Crippen MR) is 57.0 cm³/mol. The van der Waals surface area contributed by atoms with Crippen LogP contribution in [0.15, 0.2) is 10.6 Å². The van der Waals surface area contributed by atoms with E-state index in [0.717, 1.165) is 5.76 Å².